The lowest BCUT2D eigenvalue weighted by Crippen LogP contribution is -2.56. The number of aliphatic hydroxyl groups excluding tert-OH is 1. The Morgan fingerprint density at radius 1 is 0.900 bits per heavy atom. The summed E-state index contributed by atoms with van der Waals surface area (Å²) in [5, 5.41) is 13.3. The van der Waals surface area contributed by atoms with Crippen LogP contribution in [0.15, 0.2) is 54.6 Å². The highest BCUT2D eigenvalue weighted by Gasteiger charge is 2.43. The molecule has 0 aliphatic carbocycles. The van der Waals surface area contributed by atoms with Crippen molar-refractivity contribution in [2.45, 2.75) is 62.8 Å². The summed E-state index contributed by atoms with van der Waals surface area (Å²) in [7, 11) is 0. The molecule has 2 aromatic rings. The maximum absolute atomic E-state index is 13.0. The first kappa shape index (κ1) is 19.4. The van der Waals surface area contributed by atoms with E-state index in [2.05, 4.69) is 58.7 Å². The first-order valence-corrected chi connectivity index (χ1v) is 11.3. The molecule has 5 nitrogen and oxygen atoms in total. The summed E-state index contributed by atoms with van der Waals surface area (Å²) >= 11 is 0. The lowest BCUT2D eigenvalue weighted by Gasteiger charge is -2.40. The van der Waals surface area contributed by atoms with E-state index in [1.165, 1.54) is 16.8 Å². The molecule has 0 aromatic heterocycles. The molecule has 0 radical (unpaired) electrons. The molecule has 0 spiro atoms. The van der Waals surface area contributed by atoms with E-state index in [0.29, 0.717) is 0 Å². The summed E-state index contributed by atoms with van der Waals surface area (Å²) in [6, 6.07) is 19.9. The Bertz CT molecular complexity index is 856. The van der Waals surface area contributed by atoms with Crippen LogP contribution >= 0.6 is 0 Å². The molecular weight excluding hydrogens is 374 g/mol. The van der Waals surface area contributed by atoms with Gasteiger partial charge in [-0.3, -0.25) is 0 Å². The van der Waals surface area contributed by atoms with Crippen LogP contribution in [0.3, 0.4) is 0 Å². The highest BCUT2D eigenvalue weighted by atomic mass is 16.3. The smallest absolute Gasteiger partial charge is 0.318 e. The van der Waals surface area contributed by atoms with E-state index in [-0.39, 0.29) is 30.3 Å². The summed E-state index contributed by atoms with van der Waals surface area (Å²) in [6.45, 7) is 1.88. The Kier molecular flexibility index (Phi) is 5.38. The zero-order valence-corrected chi connectivity index (χ0v) is 17.4. The molecule has 3 heterocycles. The van der Waals surface area contributed by atoms with E-state index in [4.69, 9.17) is 0 Å². The lowest BCUT2D eigenvalue weighted by atomic mass is 10.00. The fraction of sp³-hybridized carbons (Fsp3) is 0.480. The maximum Gasteiger partial charge on any atom is 0.318 e. The molecule has 5 rings (SSSR count). The second-order valence-corrected chi connectivity index (χ2v) is 9.07. The molecule has 158 valence electrons. The van der Waals surface area contributed by atoms with Crippen molar-refractivity contribution in [1.82, 2.24) is 10.2 Å². The fourth-order valence-corrected chi connectivity index (χ4v) is 5.55. The summed E-state index contributed by atoms with van der Waals surface area (Å²) in [5.41, 5.74) is 3.67. The van der Waals surface area contributed by atoms with Gasteiger partial charge in [0.25, 0.3) is 0 Å². The monoisotopic (exact) mass is 405 g/mol. The van der Waals surface area contributed by atoms with Gasteiger partial charge in [0.05, 0.1) is 6.10 Å². The highest BCUT2D eigenvalue weighted by molar-refractivity contribution is 5.76. The van der Waals surface area contributed by atoms with Crippen LogP contribution in [0.5, 0.6) is 0 Å². The molecule has 5 heteroatoms. The standard InChI is InChI=1S/C25H31N3O2/c29-24-15-22-12-13-23(16-24)28(22)25(30)26-20-7-4-14-27(17-20)21-10-8-19(9-11-21)18-5-2-1-3-6-18/h1-3,5-6,8-11,20,22-24,29H,4,7,12-17H2,(H,26,30)/t20-,22-,23+,24?/m0/s1. The lowest BCUT2D eigenvalue weighted by molar-refractivity contribution is 0.0533. The summed E-state index contributed by atoms with van der Waals surface area (Å²) in [5.74, 6) is 0. The van der Waals surface area contributed by atoms with Crippen LogP contribution in [-0.2, 0) is 0 Å². The number of benzene rings is 2. The van der Waals surface area contributed by atoms with E-state index in [0.717, 1.165) is 51.6 Å². The van der Waals surface area contributed by atoms with Gasteiger partial charge in [-0.2, -0.15) is 0 Å². The number of anilines is 1. The van der Waals surface area contributed by atoms with Gasteiger partial charge in [-0.05, 0) is 61.8 Å². The third-order valence-corrected chi connectivity index (χ3v) is 7.03. The highest BCUT2D eigenvalue weighted by Crippen LogP contribution is 2.36. The molecule has 3 aliphatic rings. The number of carbonyl (C=O) groups is 1. The van der Waals surface area contributed by atoms with Crippen LogP contribution in [0.2, 0.25) is 0 Å². The van der Waals surface area contributed by atoms with E-state index in [1.54, 1.807) is 0 Å². The third-order valence-electron chi connectivity index (χ3n) is 7.03. The van der Waals surface area contributed by atoms with Crippen LogP contribution < -0.4 is 10.2 Å². The number of rotatable bonds is 3. The van der Waals surface area contributed by atoms with Gasteiger partial charge in [0.15, 0.2) is 0 Å². The predicted octanol–water partition coefficient (Wildman–Crippen LogP) is 4.02. The minimum Gasteiger partial charge on any atom is -0.393 e. The van der Waals surface area contributed by atoms with Crippen molar-refractivity contribution < 1.29 is 9.90 Å². The number of hydrogen-bond donors (Lipinski definition) is 2. The summed E-state index contributed by atoms with van der Waals surface area (Å²) in [6.07, 6.45) is 5.38. The molecule has 2 bridgehead atoms. The SMILES string of the molecule is O=C(N[C@H]1CCCN(c2ccc(-c3ccccc3)cc2)C1)N1[C@@H]2CC[C@H]1CC(O)C2. The van der Waals surface area contributed by atoms with Crippen molar-refractivity contribution in [2.75, 3.05) is 18.0 Å². The Morgan fingerprint density at radius 3 is 2.27 bits per heavy atom. The Hall–Kier alpha value is -2.53. The van der Waals surface area contributed by atoms with Gasteiger partial charge in [0.2, 0.25) is 0 Å². The first-order chi connectivity index (χ1) is 14.7. The van der Waals surface area contributed by atoms with Crippen LogP contribution in [0.1, 0.15) is 38.5 Å². The normalized spacial score (nSPS) is 28.4. The molecular formula is C25H31N3O2. The Balaban J connectivity index is 1.21. The van der Waals surface area contributed by atoms with Gasteiger partial charge in [-0.15, -0.1) is 0 Å². The Morgan fingerprint density at radius 2 is 1.57 bits per heavy atom. The van der Waals surface area contributed by atoms with Gasteiger partial charge in [0, 0.05) is 36.9 Å². The number of nitrogens with one attached hydrogen (secondary N) is 1. The number of urea groups is 1. The zero-order chi connectivity index (χ0) is 20.5. The number of nitrogens with zero attached hydrogens (tertiary/aromatic N) is 2. The Labute approximate surface area is 178 Å². The molecule has 30 heavy (non-hydrogen) atoms. The average Bonchev–Trinajstić information content (AvgIpc) is 3.06. The van der Waals surface area contributed by atoms with Crippen LogP contribution in [-0.4, -0.2) is 53.4 Å². The van der Waals surface area contributed by atoms with Crippen LogP contribution in [0.4, 0.5) is 10.5 Å². The number of carbonyl (C=O) groups excluding carboxylic acids is 1. The van der Waals surface area contributed by atoms with E-state index < -0.39 is 0 Å². The fourth-order valence-electron chi connectivity index (χ4n) is 5.55. The van der Waals surface area contributed by atoms with Gasteiger partial charge in [-0.1, -0.05) is 42.5 Å². The number of fused-ring (bicyclic) bond motifs is 2. The topological polar surface area (TPSA) is 55.8 Å². The van der Waals surface area contributed by atoms with Gasteiger partial charge in [-0.25, -0.2) is 4.79 Å². The minimum absolute atomic E-state index is 0.0701. The maximum atomic E-state index is 13.0. The second-order valence-electron chi connectivity index (χ2n) is 9.07. The third kappa shape index (κ3) is 3.91. The van der Waals surface area contributed by atoms with Crippen molar-refractivity contribution in [3.8, 4) is 11.1 Å². The molecule has 1 unspecified atom stereocenters. The summed E-state index contributed by atoms with van der Waals surface area (Å²) in [4.78, 5) is 17.4. The van der Waals surface area contributed by atoms with Crippen molar-refractivity contribution in [3.05, 3.63) is 54.6 Å². The van der Waals surface area contributed by atoms with Gasteiger partial charge < -0.3 is 20.2 Å². The minimum atomic E-state index is -0.240. The predicted molar refractivity (Wildman–Crippen MR) is 120 cm³/mol. The molecule has 2 aromatic carbocycles. The average molecular weight is 406 g/mol. The number of amides is 2. The molecule has 0 saturated carbocycles. The van der Waals surface area contributed by atoms with E-state index in [1.807, 2.05) is 11.0 Å². The molecule has 3 fully saturated rings. The first-order valence-electron chi connectivity index (χ1n) is 11.3. The van der Waals surface area contributed by atoms with Crippen molar-refractivity contribution >= 4 is 11.7 Å². The zero-order valence-electron chi connectivity index (χ0n) is 17.4. The molecule has 4 atom stereocenters. The van der Waals surface area contributed by atoms with E-state index in [9.17, 15) is 9.90 Å². The number of aliphatic hydroxyl groups is 1. The molecule has 3 saturated heterocycles. The van der Waals surface area contributed by atoms with Crippen molar-refractivity contribution in [3.63, 3.8) is 0 Å². The molecule has 2 amide bonds. The van der Waals surface area contributed by atoms with Gasteiger partial charge in [0.1, 0.15) is 0 Å². The largest absolute Gasteiger partial charge is 0.393 e. The second kappa shape index (κ2) is 8.31. The number of hydrogen-bond acceptors (Lipinski definition) is 3. The summed E-state index contributed by atoms with van der Waals surface area (Å²) < 4.78 is 0. The van der Waals surface area contributed by atoms with Crippen LogP contribution in [0.25, 0.3) is 11.1 Å². The van der Waals surface area contributed by atoms with Crippen LogP contribution in [0, 0.1) is 0 Å². The quantitative estimate of drug-likeness (QED) is 0.811. The molecule has 2 N–H and O–H groups in total. The van der Waals surface area contributed by atoms with Gasteiger partial charge >= 0.3 is 6.03 Å². The van der Waals surface area contributed by atoms with Crippen molar-refractivity contribution in [1.29, 1.82) is 0 Å². The van der Waals surface area contributed by atoms with E-state index >= 15 is 0 Å². The molecule has 3 aliphatic heterocycles. The van der Waals surface area contributed by atoms with Crippen molar-refractivity contribution in [2.24, 2.45) is 0 Å². The number of piperidine rings is 2.